The van der Waals surface area contributed by atoms with Crippen molar-refractivity contribution >= 4 is 33.4 Å². The molecule has 5 rings (SSSR count). The molecule has 0 spiro atoms. The maximum absolute atomic E-state index is 6.52. The molecule has 1 N–H and O–H groups in total. The molecule has 0 atom stereocenters. The summed E-state index contributed by atoms with van der Waals surface area (Å²) in [6.07, 6.45) is 3.19. The molecule has 1 fully saturated rings. The van der Waals surface area contributed by atoms with Crippen LogP contribution in [0, 0.1) is 26.7 Å². The molecule has 0 aliphatic carbocycles. The topological polar surface area (TPSA) is 54.0 Å². The van der Waals surface area contributed by atoms with Gasteiger partial charge in [0.25, 0.3) is 0 Å². The minimum atomic E-state index is 0.727. The number of nitrogens with one attached hydrogen (secondary N) is 1. The summed E-state index contributed by atoms with van der Waals surface area (Å²) in [7, 11) is 0. The minimum Gasteiger partial charge on any atom is -0.406 e. The molecule has 0 saturated carbocycles. The van der Waals surface area contributed by atoms with E-state index in [9.17, 15) is 0 Å². The van der Waals surface area contributed by atoms with Crippen LogP contribution in [-0.2, 0) is 6.42 Å². The molecule has 1 aliphatic rings. The van der Waals surface area contributed by atoms with E-state index in [-0.39, 0.29) is 0 Å². The summed E-state index contributed by atoms with van der Waals surface area (Å²) in [4.78, 5) is 11.5. The summed E-state index contributed by atoms with van der Waals surface area (Å²) in [5.41, 5.74) is 7.06. The Morgan fingerprint density at radius 3 is 2.52 bits per heavy atom. The number of aromatic amines is 1. The van der Waals surface area contributed by atoms with E-state index >= 15 is 0 Å². The Hall–Kier alpha value is -2.63. The quantitative estimate of drug-likeness (QED) is 0.356. The second-order valence-corrected chi connectivity index (χ2v) is 9.86. The van der Waals surface area contributed by atoms with Crippen LogP contribution in [0.5, 0.6) is 5.75 Å². The number of benzene rings is 2. The molecular formula is C27H31ClN4O. The fourth-order valence-electron chi connectivity index (χ4n) is 4.96. The van der Waals surface area contributed by atoms with Gasteiger partial charge in [0, 0.05) is 51.1 Å². The van der Waals surface area contributed by atoms with Crippen molar-refractivity contribution < 1.29 is 4.84 Å². The van der Waals surface area contributed by atoms with Gasteiger partial charge in [-0.1, -0.05) is 37.6 Å². The molecule has 6 heteroatoms. The van der Waals surface area contributed by atoms with Crippen molar-refractivity contribution in [1.82, 2.24) is 20.2 Å². The predicted octanol–water partition coefficient (Wildman–Crippen LogP) is 6.94. The van der Waals surface area contributed by atoms with Crippen LogP contribution < -0.4 is 4.84 Å². The lowest BCUT2D eigenvalue weighted by Crippen LogP contribution is -2.35. The number of aromatic nitrogens is 3. The zero-order chi connectivity index (χ0) is 23.3. The number of rotatable bonds is 4. The van der Waals surface area contributed by atoms with Crippen molar-refractivity contribution in [3.05, 3.63) is 51.7 Å². The van der Waals surface area contributed by atoms with Gasteiger partial charge < -0.3 is 4.84 Å². The summed E-state index contributed by atoms with van der Waals surface area (Å²) in [6, 6.07) is 8.34. The summed E-state index contributed by atoms with van der Waals surface area (Å²) in [5.74, 6) is 1.70. The Balaban J connectivity index is 1.77. The van der Waals surface area contributed by atoms with Crippen molar-refractivity contribution in [2.24, 2.45) is 5.92 Å². The fraction of sp³-hybridized carbons (Fsp3) is 0.407. The minimum absolute atomic E-state index is 0.727. The van der Waals surface area contributed by atoms with E-state index in [0.29, 0.717) is 0 Å². The van der Waals surface area contributed by atoms with Gasteiger partial charge in [-0.15, -0.1) is 5.06 Å². The van der Waals surface area contributed by atoms with E-state index in [1.165, 1.54) is 23.8 Å². The third-order valence-electron chi connectivity index (χ3n) is 6.99. The van der Waals surface area contributed by atoms with Crippen LogP contribution >= 0.6 is 11.6 Å². The van der Waals surface area contributed by atoms with E-state index in [1.54, 1.807) is 0 Å². The summed E-state index contributed by atoms with van der Waals surface area (Å²) in [5, 5.41) is 14.0. The highest BCUT2D eigenvalue weighted by Gasteiger charge is 2.24. The fourth-order valence-corrected chi connectivity index (χ4v) is 5.14. The average molecular weight is 463 g/mol. The van der Waals surface area contributed by atoms with Gasteiger partial charge in [-0.25, -0.2) is 4.98 Å². The van der Waals surface area contributed by atoms with Crippen LogP contribution in [0.25, 0.3) is 33.1 Å². The zero-order valence-electron chi connectivity index (χ0n) is 20.1. The number of H-pyrrole nitrogens is 1. The van der Waals surface area contributed by atoms with Crippen LogP contribution in [0.3, 0.4) is 0 Å². The van der Waals surface area contributed by atoms with E-state index in [1.807, 2.05) is 13.0 Å². The van der Waals surface area contributed by atoms with Crippen LogP contribution in [0.4, 0.5) is 0 Å². The standard InChI is InChI=1S/C27H31ClN4O/c1-6-20-22(33-32-11-9-15(2)10-12-32)13-17(4)23-25(20)24-18(5)30-31-27(24)29-26(23)19-8-7-16(3)21(28)14-19/h7-8,13-15H,6,9-12H2,1-5H3,(H,29,30,31). The van der Waals surface area contributed by atoms with Crippen LogP contribution in [0.1, 0.15) is 49.1 Å². The molecule has 0 amide bonds. The first-order valence-corrected chi connectivity index (χ1v) is 12.3. The molecule has 0 radical (unpaired) electrons. The number of hydrogen-bond acceptors (Lipinski definition) is 4. The number of aryl methyl sites for hydroxylation is 4. The monoisotopic (exact) mass is 462 g/mol. The van der Waals surface area contributed by atoms with E-state index < -0.39 is 0 Å². The molecule has 1 saturated heterocycles. The number of fused-ring (bicyclic) bond motifs is 3. The third kappa shape index (κ3) is 3.87. The number of piperidine rings is 1. The highest BCUT2D eigenvalue weighted by atomic mass is 35.5. The first kappa shape index (κ1) is 22.2. The number of halogens is 1. The Morgan fingerprint density at radius 1 is 1.06 bits per heavy atom. The Bertz CT molecular complexity index is 1350. The highest BCUT2D eigenvalue weighted by Crippen LogP contribution is 2.42. The highest BCUT2D eigenvalue weighted by molar-refractivity contribution is 6.31. The predicted molar refractivity (Wildman–Crippen MR) is 136 cm³/mol. The van der Waals surface area contributed by atoms with Crippen molar-refractivity contribution in [1.29, 1.82) is 0 Å². The normalized spacial score (nSPS) is 15.6. The molecule has 5 nitrogen and oxygen atoms in total. The zero-order valence-corrected chi connectivity index (χ0v) is 20.8. The maximum atomic E-state index is 6.52. The van der Waals surface area contributed by atoms with Crippen molar-refractivity contribution in [2.75, 3.05) is 13.1 Å². The SMILES string of the molecule is CCc1c(ON2CCC(C)CC2)cc(C)c2c(-c3ccc(C)c(Cl)c3)nc3n[nH]c(C)c3c12. The molecule has 3 heterocycles. The second kappa shape index (κ2) is 8.62. The van der Waals surface area contributed by atoms with Gasteiger partial charge in [0.1, 0.15) is 0 Å². The van der Waals surface area contributed by atoms with Gasteiger partial charge in [0.05, 0.1) is 5.69 Å². The lowest BCUT2D eigenvalue weighted by Gasteiger charge is -2.30. The first-order valence-electron chi connectivity index (χ1n) is 11.9. The molecule has 172 valence electrons. The summed E-state index contributed by atoms with van der Waals surface area (Å²) < 4.78 is 0. The molecule has 1 aliphatic heterocycles. The van der Waals surface area contributed by atoms with Crippen molar-refractivity contribution in [2.45, 2.75) is 53.9 Å². The molecule has 2 aromatic heterocycles. The first-order chi connectivity index (χ1) is 15.9. The molecule has 4 aromatic rings. The number of hydrogen-bond donors (Lipinski definition) is 1. The van der Waals surface area contributed by atoms with E-state index in [0.717, 1.165) is 80.7 Å². The van der Waals surface area contributed by atoms with Crippen LogP contribution in [0.2, 0.25) is 5.02 Å². The largest absolute Gasteiger partial charge is 0.406 e. The Morgan fingerprint density at radius 2 is 1.82 bits per heavy atom. The Kier molecular flexibility index (Phi) is 5.79. The van der Waals surface area contributed by atoms with Gasteiger partial charge in [-0.2, -0.15) is 5.10 Å². The smallest absolute Gasteiger partial charge is 0.182 e. The summed E-state index contributed by atoms with van der Waals surface area (Å²) >= 11 is 6.50. The maximum Gasteiger partial charge on any atom is 0.182 e. The Labute approximate surface area is 200 Å². The second-order valence-electron chi connectivity index (χ2n) is 9.45. The van der Waals surface area contributed by atoms with E-state index in [4.69, 9.17) is 21.4 Å². The molecule has 2 aromatic carbocycles. The third-order valence-corrected chi connectivity index (χ3v) is 7.40. The van der Waals surface area contributed by atoms with Crippen LogP contribution in [-0.4, -0.2) is 33.3 Å². The van der Waals surface area contributed by atoms with Gasteiger partial charge in [-0.3, -0.25) is 5.10 Å². The van der Waals surface area contributed by atoms with Crippen LogP contribution in [0.15, 0.2) is 24.3 Å². The lowest BCUT2D eigenvalue weighted by molar-refractivity contribution is -0.0807. The molecule has 0 unspecified atom stereocenters. The van der Waals surface area contributed by atoms with E-state index in [2.05, 4.69) is 61.2 Å². The summed E-state index contributed by atoms with van der Waals surface area (Å²) in [6.45, 7) is 12.7. The van der Waals surface area contributed by atoms with Crippen molar-refractivity contribution in [3.8, 4) is 17.0 Å². The average Bonchev–Trinajstić information content (AvgIpc) is 3.17. The number of nitrogens with zero attached hydrogens (tertiary/aromatic N) is 3. The van der Waals surface area contributed by atoms with Gasteiger partial charge >= 0.3 is 0 Å². The molecular weight excluding hydrogens is 432 g/mol. The van der Waals surface area contributed by atoms with Crippen molar-refractivity contribution in [3.63, 3.8) is 0 Å². The number of pyridine rings is 1. The van der Waals surface area contributed by atoms with Gasteiger partial charge in [0.15, 0.2) is 11.4 Å². The lowest BCUT2D eigenvalue weighted by atomic mass is 9.92. The van der Waals surface area contributed by atoms with Gasteiger partial charge in [0.2, 0.25) is 0 Å². The van der Waals surface area contributed by atoms with Gasteiger partial charge in [-0.05, 0) is 69.2 Å². The molecule has 33 heavy (non-hydrogen) atoms. The molecule has 0 bridgehead atoms. The number of hydroxylamine groups is 2.